The molecule has 0 bridgehead atoms. The van der Waals surface area contributed by atoms with Crippen LogP contribution >= 0.6 is 0 Å². The number of allylic oxidation sites excluding steroid dienone is 1. The van der Waals surface area contributed by atoms with Crippen molar-refractivity contribution in [2.75, 3.05) is 0 Å². The zero-order chi connectivity index (χ0) is 9.71. The van der Waals surface area contributed by atoms with Gasteiger partial charge in [-0.15, -0.1) is 0 Å². The van der Waals surface area contributed by atoms with E-state index in [9.17, 15) is 0 Å². The van der Waals surface area contributed by atoms with Gasteiger partial charge in [0.15, 0.2) is 0 Å². The molecule has 76 valence electrons. The van der Waals surface area contributed by atoms with Gasteiger partial charge in [0.25, 0.3) is 0 Å². The molecule has 0 aromatic rings. The van der Waals surface area contributed by atoms with Crippen molar-refractivity contribution in [2.45, 2.75) is 44.2 Å². The van der Waals surface area contributed by atoms with Crippen molar-refractivity contribution in [1.29, 1.82) is 0 Å². The SMILES string of the molecule is NC1CC=C(C2CC3=C2CC3N)CC1. The molecule has 0 aromatic carbocycles. The normalized spacial score (nSPS) is 41.0. The van der Waals surface area contributed by atoms with Crippen LogP contribution in [0.1, 0.15) is 32.1 Å². The first kappa shape index (κ1) is 8.69. The molecule has 3 aliphatic rings. The van der Waals surface area contributed by atoms with Gasteiger partial charge in [0.1, 0.15) is 0 Å². The summed E-state index contributed by atoms with van der Waals surface area (Å²) in [4.78, 5) is 0. The van der Waals surface area contributed by atoms with Crippen LogP contribution in [0.2, 0.25) is 0 Å². The number of hydrogen-bond donors (Lipinski definition) is 2. The Balaban J connectivity index is 1.72. The lowest BCUT2D eigenvalue weighted by Gasteiger charge is -2.47. The summed E-state index contributed by atoms with van der Waals surface area (Å²) >= 11 is 0. The third kappa shape index (κ3) is 1.11. The number of hydrogen-bond acceptors (Lipinski definition) is 2. The summed E-state index contributed by atoms with van der Waals surface area (Å²) < 4.78 is 0. The minimum Gasteiger partial charge on any atom is -0.327 e. The summed E-state index contributed by atoms with van der Waals surface area (Å²) in [5, 5.41) is 0. The molecule has 3 aliphatic carbocycles. The molecule has 0 fully saturated rings. The maximum atomic E-state index is 5.88. The van der Waals surface area contributed by atoms with E-state index in [4.69, 9.17) is 11.5 Å². The molecule has 4 N–H and O–H groups in total. The van der Waals surface area contributed by atoms with E-state index in [0.29, 0.717) is 12.1 Å². The van der Waals surface area contributed by atoms with E-state index >= 15 is 0 Å². The zero-order valence-corrected chi connectivity index (χ0v) is 8.50. The Bertz CT molecular complexity index is 327. The highest BCUT2D eigenvalue weighted by atomic mass is 14.7. The van der Waals surface area contributed by atoms with Crippen LogP contribution in [0.15, 0.2) is 22.8 Å². The summed E-state index contributed by atoms with van der Waals surface area (Å²) in [7, 11) is 0. The molecule has 0 aliphatic heterocycles. The Morgan fingerprint density at radius 2 is 2.00 bits per heavy atom. The van der Waals surface area contributed by atoms with E-state index in [2.05, 4.69) is 6.08 Å². The fraction of sp³-hybridized carbons (Fsp3) is 0.667. The van der Waals surface area contributed by atoms with Crippen LogP contribution in [0, 0.1) is 5.92 Å². The average Bonchev–Trinajstić information content (AvgIpc) is 2.17. The van der Waals surface area contributed by atoms with E-state index in [1.54, 1.807) is 16.7 Å². The summed E-state index contributed by atoms with van der Waals surface area (Å²) in [6.07, 6.45) is 8.27. The van der Waals surface area contributed by atoms with Crippen molar-refractivity contribution in [3.05, 3.63) is 22.8 Å². The minimum atomic E-state index is 0.410. The second-order valence-corrected chi connectivity index (χ2v) is 4.93. The highest BCUT2D eigenvalue weighted by molar-refractivity contribution is 5.47. The molecule has 0 heterocycles. The van der Waals surface area contributed by atoms with Gasteiger partial charge < -0.3 is 11.5 Å². The highest BCUT2D eigenvalue weighted by Gasteiger charge is 2.42. The quantitative estimate of drug-likeness (QED) is 0.615. The molecule has 0 saturated heterocycles. The summed E-state index contributed by atoms with van der Waals surface area (Å²) in [5.74, 6) is 0.775. The molecular weight excluding hydrogens is 172 g/mol. The average molecular weight is 190 g/mol. The van der Waals surface area contributed by atoms with Crippen molar-refractivity contribution in [1.82, 2.24) is 0 Å². The smallest absolute Gasteiger partial charge is 0.0294 e. The van der Waals surface area contributed by atoms with Crippen LogP contribution in [0.4, 0.5) is 0 Å². The first-order valence-corrected chi connectivity index (χ1v) is 5.67. The van der Waals surface area contributed by atoms with Crippen molar-refractivity contribution >= 4 is 0 Å². The van der Waals surface area contributed by atoms with E-state index in [-0.39, 0.29) is 0 Å². The van der Waals surface area contributed by atoms with Crippen LogP contribution in [0.3, 0.4) is 0 Å². The Morgan fingerprint density at radius 1 is 1.14 bits per heavy atom. The van der Waals surface area contributed by atoms with Crippen molar-refractivity contribution in [3.63, 3.8) is 0 Å². The molecule has 3 rings (SSSR count). The Hall–Kier alpha value is -0.600. The van der Waals surface area contributed by atoms with Crippen LogP contribution in [0.25, 0.3) is 0 Å². The Morgan fingerprint density at radius 3 is 2.50 bits per heavy atom. The maximum Gasteiger partial charge on any atom is 0.0294 e. The van der Waals surface area contributed by atoms with Gasteiger partial charge in [-0.05, 0) is 32.1 Å². The largest absolute Gasteiger partial charge is 0.327 e. The van der Waals surface area contributed by atoms with Crippen molar-refractivity contribution in [3.8, 4) is 0 Å². The molecule has 0 amide bonds. The molecule has 2 nitrogen and oxygen atoms in total. The predicted molar refractivity (Wildman–Crippen MR) is 57.6 cm³/mol. The van der Waals surface area contributed by atoms with Crippen LogP contribution < -0.4 is 11.5 Å². The summed E-state index contributed by atoms with van der Waals surface area (Å²) in [5.41, 5.74) is 16.6. The highest BCUT2D eigenvalue weighted by Crippen LogP contribution is 2.52. The van der Waals surface area contributed by atoms with Gasteiger partial charge in [-0.2, -0.15) is 0 Å². The third-order valence-corrected chi connectivity index (χ3v) is 4.08. The number of nitrogens with two attached hydrogens (primary N) is 2. The minimum absolute atomic E-state index is 0.410. The molecule has 3 unspecified atom stereocenters. The molecule has 3 atom stereocenters. The summed E-state index contributed by atoms with van der Waals surface area (Å²) in [6, 6.07) is 0.823. The lowest BCUT2D eigenvalue weighted by Crippen LogP contribution is -2.44. The standard InChI is InChI=1S/C12H18N2/c13-8-3-1-7(2-4-8)9-5-11-10(9)6-12(11)14/h1,8-9,12H,2-6,13-14H2. The molecule has 0 aromatic heterocycles. The first-order valence-electron chi connectivity index (χ1n) is 5.67. The van der Waals surface area contributed by atoms with Gasteiger partial charge in [0.2, 0.25) is 0 Å². The van der Waals surface area contributed by atoms with Gasteiger partial charge >= 0.3 is 0 Å². The van der Waals surface area contributed by atoms with Crippen LogP contribution in [-0.2, 0) is 0 Å². The van der Waals surface area contributed by atoms with Gasteiger partial charge in [0, 0.05) is 18.0 Å². The Kier molecular flexibility index (Phi) is 1.83. The summed E-state index contributed by atoms with van der Waals surface area (Å²) in [6.45, 7) is 0. The van der Waals surface area contributed by atoms with Gasteiger partial charge in [0.05, 0.1) is 0 Å². The van der Waals surface area contributed by atoms with E-state index in [0.717, 1.165) is 18.8 Å². The molecule has 14 heavy (non-hydrogen) atoms. The lowest BCUT2D eigenvalue weighted by atomic mass is 9.60. The molecule has 2 heteroatoms. The second-order valence-electron chi connectivity index (χ2n) is 4.93. The lowest BCUT2D eigenvalue weighted by molar-refractivity contribution is 0.418. The predicted octanol–water partition coefficient (Wildman–Crippen LogP) is 1.47. The van der Waals surface area contributed by atoms with Gasteiger partial charge in [-0.1, -0.05) is 22.8 Å². The van der Waals surface area contributed by atoms with E-state index < -0.39 is 0 Å². The first-order chi connectivity index (χ1) is 6.75. The van der Waals surface area contributed by atoms with Gasteiger partial charge in [-0.25, -0.2) is 0 Å². The Labute approximate surface area is 85.0 Å². The topological polar surface area (TPSA) is 52.0 Å². The van der Waals surface area contributed by atoms with Crippen molar-refractivity contribution in [2.24, 2.45) is 17.4 Å². The molecular formula is C12H18N2. The van der Waals surface area contributed by atoms with E-state index in [1.807, 2.05) is 0 Å². The molecule has 0 radical (unpaired) electrons. The fourth-order valence-electron chi connectivity index (χ4n) is 3.00. The van der Waals surface area contributed by atoms with Crippen LogP contribution in [0.5, 0.6) is 0 Å². The van der Waals surface area contributed by atoms with E-state index in [1.165, 1.54) is 19.3 Å². The monoisotopic (exact) mass is 190 g/mol. The van der Waals surface area contributed by atoms with Crippen molar-refractivity contribution < 1.29 is 0 Å². The molecule has 0 spiro atoms. The third-order valence-electron chi connectivity index (χ3n) is 4.08. The maximum absolute atomic E-state index is 5.88. The van der Waals surface area contributed by atoms with Gasteiger partial charge in [-0.3, -0.25) is 0 Å². The fourth-order valence-corrected chi connectivity index (χ4v) is 3.00. The number of rotatable bonds is 1. The zero-order valence-electron chi connectivity index (χ0n) is 8.50. The van der Waals surface area contributed by atoms with Crippen LogP contribution in [-0.4, -0.2) is 12.1 Å². The second kappa shape index (κ2) is 2.94. The molecule has 0 saturated carbocycles.